The molecule has 6 atom stereocenters. The Labute approximate surface area is 207 Å². The molecule has 0 N–H and O–H groups in total. The van der Waals surface area contributed by atoms with Crippen molar-refractivity contribution in [1.29, 1.82) is 0 Å². The van der Waals surface area contributed by atoms with Crippen LogP contribution in [0.3, 0.4) is 0 Å². The van der Waals surface area contributed by atoms with Crippen LogP contribution in [0.2, 0.25) is 0 Å². The molecule has 35 heavy (non-hydrogen) atoms. The Balaban J connectivity index is 1.52. The molecule has 0 radical (unpaired) electrons. The van der Waals surface area contributed by atoms with Gasteiger partial charge < -0.3 is 14.2 Å². The van der Waals surface area contributed by atoms with Crippen LogP contribution in [0, 0.1) is 39.4 Å². The third-order valence-electron chi connectivity index (χ3n) is 10.3. The van der Waals surface area contributed by atoms with Crippen molar-refractivity contribution in [3.63, 3.8) is 0 Å². The summed E-state index contributed by atoms with van der Waals surface area (Å²) in [6.07, 6.45) is 7.09. The number of ketones is 1. The lowest BCUT2D eigenvalue weighted by Crippen LogP contribution is -2.66. The molecule has 0 aromatic heterocycles. The van der Waals surface area contributed by atoms with Gasteiger partial charge in [-0.3, -0.25) is 14.4 Å². The fraction of sp³-hybridized carbons (Fsp3) is 0.621. The molecular formula is C29H36O6. The normalized spacial score (nSPS) is 39.5. The minimum atomic E-state index is -0.684. The van der Waals surface area contributed by atoms with Crippen LogP contribution >= 0.6 is 0 Å². The van der Waals surface area contributed by atoms with Crippen LogP contribution in [0.25, 0.3) is 0 Å². The average molecular weight is 481 g/mol. The van der Waals surface area contributed by atoms with Gasteiger partial charge in [0, 0.05) is 10.8 Å². The molecule has 5 rings (SSSR count). The fourth-order valence-electron chi connectivity index (χ4n) is 8.45. The van der Waals surface area contributed by atoms with Gasteiger partial charge >= 0.3 is 11.9 Å². The predicted octanol–water partition coefficient (Wildman–Crippen LogP) is 5.15. The Bertz CT molecular complexity index is 1090. The molecule has 0 amide bonds. The number of allylic oxidation sites excluding steroid dienone is 2. The Morgan fingerprint density at radius 3 is 2.29 bits per heavy atom. The molecule has 1 aromatic rings. The second kappa shape index (κ2) is 7.94. The maximum absolute atomic E-state index is 13.6. The van der Waals surface area contributed by atoms with Crippen molar-refractivity contribution >= 4 is 17.7 Å². The monoisotopic (exact) mass is 480 g/mol. The second-order valence-corrected chi connectivity index (χ2v) is 12.1. The molecule has 1 saturated heterocycles. The van der Waals surface area contributed by atoms with Crippen LogP contribution in [0.5, 0.6) is 11.5 Å². The topological polar surface area (TPSA) is 78.9 Å². The van der Waals surface area contributed by atoms with Crippen LogP contribution in [0.15, 0.2) is 36.4 Å². The number of esters is 2. The zero-order valence-electron chi connectivity index (χ0n) is 21.4. The summed E-state index contributed by atoms with van der Waals surface area (Å²) >= 11 is 0. The molecule has 1 aromatic carbocycles. The van der Waals surface area contributed by atoms with Gasteiger partial charge in [0.1, 0.15) is 11.5 Å². The zero-order chi connectivity index (χ0) is 25.2. The van der Waals surface area contributed by atoms with Gasteiger partial charge in [0.2, 0.25) is 0 Å². The van der Waals surface area contributed by atoms with Crippen LogP contribution < -0.4 is 9.47 Å². The lowest BCUT2D eigenvalue weighted by molar-refractivity contribution is -0.202. The van der Waals surface area contributed by atoms with Gasteiger partial charge in [-0.15, -0.1) is 0 Å². The van der Waals surface area contributed by atoms with Gasteiger partial charge in [-0.25, -0.2) is 0 Å². The van der Waals surface area contributed by atoms with E-state index in [1.54, 1.807) is 37.5 Å². The molecule has 3 fully saturated rings. The van der Waals surface area contributed by atoms with Gasteiger partial charge in [0.05, 0.1) is 26.1 Å². The molecule has 3 aliphatic carbocycles. The van der Waals surface area contributed by atoms with Crippen molar-refractivity contribution in [3.8, 4) is 11.5 Å². The van der Waals surface area contributed by atoms with Crippen LogP contribution in [0.4, 0.5) is 0 Å². The summed E-state index contributed by atoms with van der Waals surface area (Å²) in [4.78, 5) is 39.8. The number of hydrogen-bond acceptors (Lipinski definition) is 6. The number of carbonyl (C=O) groups excluding carboxylic acids is 3. The second-order valence-electron chi connectivity index (χ2n) is 12.1. The smallest absolute Gasteiger partial charge is 0.315 e. The molecule has 2 saturated carbocycles. The van der Waals surface area contributed by atoms with Gasteiger partial charge in [0.15, 0.2) is 5.78 Å². The highest BCUT2D eigenvalue weighted by Gasteiger charge is 2.71. The molecule has 0 unspecified atom stereocenters. The van der Waals surface area contributed by atoms with E-state index in [1.807, 2.05) is 0 Å². The van der Waals surface area contributed by atoms with E-state index in [-0.39, 0.29) is 48.0 Å². The minimum Gasteiger partial charge on any atom is -0.497 e. The molecule has 1 spiro atoms. The Hall–Kier alpha value is -2.63. The number of carbonyl (C=O) groups is 3. The summed E-state index contributed by atoms with van der Waals surface area (Å²) in [5, 5.41) is 0. The first-order valence-corrected chi connectivity index (χ1v) is 12.7. The number of rotatable bonds is 3. The average Bonchev–Trinajstić information content (AvgIpc) is 3.21. The van der Waals surface area contributed by atoms with E-state index in [1.165, 1.54) is 0 Å². The van der Waals surface area contributed by atoms with Crippen LogP contribution in [-0.2, 0) is 19.1 Å². The highest BCUT2D eigenvalue weighted by Crippen LogP contribution is 2.72. The predicted molar refractivity (Wildman–Crippen MR) is 130 cm³/mol. The number of cyclic esters (lactones) is 1. The highest BCUT2D eigenvalue weighted by atomic mass is 16.5. The third-order valence-corrected chi connectivity index (χ3v) is 10.3. The van der Waals surface area contributed by atoms with Gasteiger partial charge in [0.25, 0.3) is 0 Å². The Kier molecular flexibility index (Phi) is 5.46. The van der Waals surface area contributed by atoms with Crippen molar-refractivity contribution in [2.24, 2.45) is 39.4 Å². The maximum atomic E-state index is 13.6. The molecule has 6 heteroatoms. The van der Waals surface area contributed by atoms with E-state index in [0.29, 0.717) is 17.9 Å². The van der Waals surface area contributed by atoms with Gasteiger partial charge in [-0.05, 0) is 78.7 Å². The molecule has 1 aliphatic heterocycles. The summed E-state index contributed by atoms with van der Waals surface area (Å²) in [5.74, 6) is 0.537. The summed E-state index contributed by atoms with van der Waals surface area (Å²) in [5.41, 5.74) is -1.70. The van der Waals surface area contributed by atoms with E-state index < -0.39 is 22.2 Å². The largest absolute Gasteiger partial charge is 0.497 e. The van der Waals surface area contributed by atoms with Crippen molar-refractivity contribution in [2.75, 3.05) is 13.7 Å². The summed E-state index contributed by atoms with van der Waals surface area (Å²) in [7, 11) is 1.59. The zero-order valence-corrected chi connectivity index (χ0v) is 21.4. The quantitative estimate of drug-likeness (QED) is 0.440. The lowest BCUT2D eigenvalue weighted by atomic mass is 9.35. The van der Waals surface area contributed by atoms with Crippen molar-refractivity contribution in [3.05, 3.63) is 36.4 Å². The maximum Gasteiger partial charge on any atom is 0.315 e. The Morgan fingerprint density at radius 1 is 0.971 bits per heavy atom. The van der Waals surface area contributed by atoms with E-state index in [4.69, 9.17) is 14.2 Å². The van der Waals surface area contributed by atoms with Crippen molar-refractivity contribution in [1.82, 2.24) is 0 Å². The molecule has 4 aliphatic rings. The van der Waals surface area contributed by atoms with Crippen LogP contribution in [0.1, 0.15) is 59.8 Å². The van der Waals surface area contributed by atoms with E-state index in [2.05, 4.69) is 33.8 Å². The summed E-state index contributed by atoms with van der Waals surface area (Å²) < 4.78 is 16.6. The molecule has 6 nitrogen and oxygen atoms in total. The van der Waals surface area contributed by atoms with E-state index >= 15 is 0 Å². The number of benzene rings is 1. The minimum absolute atomic E-state index is 0.0602. The first-order chi connectivity index (χ1) is 16.5. The van der Waals surface area contributed by atoms with E-state index in [0.717, 1.165) is 19.3 Å². The van der Waals surface area contributed by atoms with Gasteiger partial charge in [-0.1, -0.05) is 33.8 Å². The van der Waals surface area contributed by atoms with Crippen LogP contribution in [-0.4, -0.2) is 31.4 Å². The third kappa shape index (κ3) is 3.31. The highest BCUT2D eigenvalue weighted by molar-refractivity contribution is 5.96. The number of hydrogen-bond donors (Lipinski definition) is 0. The number of methoxy groups -OCH3 is 1. The Morgan fingerprint density at radius 2 is 1.66 bits per heavy atom. The SMILES string of the molecule is COc1ccc(OC(=O)[C@H]2CC[C@@H]3[C@@]4(C)C(=O)C=CC(C)(C)[C@@H]4CC[C@@]3(C)[C@@]23COC(=O)C3)cc1. The standard InChI is InChI=1S/C29H36O6/c1-26(2)14-13-23(30)28(4)21(26)12-15-27(3)22(28)11-10-20(29(27)16-24(31)34-17-29)25(32)35-19-8-6-18(33-5)7-9-19/h6-9,13-14,20-22H,10-12,15-17H2,1-5H3/t20-,21+,22+,27-,28+,29+/m1/s1. The molecule has 1 heterocycles. The van der Waals surface area contributed by atoms with Gasteiger partial charge in [-0.2, -0.15) is 0 Å². The van der Waals surface area contributed by atoms with Crippen molar-refractivity contribution in [2.45, 2.75) is 59.8 Å². The summed E-state index contributed by atoms with van der Waals surface area (Å²) in [6, 6.07) is 6.94. The number of ether oxygens (including phenoxy) is 3. The number of fused-ring (bicyclic) bond motifs is 4. The van der Waals surface area contributed by atoms with E-state index in [9.17, 15) is 14.4 Å². The summed E-state index contributed by atoms with van der Waals surface area (Å²) in [6.45, 7) is 8.98. The first-order valence-electron chi connectivity index (χ1n) is 12.7. The first kappa shape index (κ1) is 24.1. The molecular weight excluding hydrogens is 444 g/mol. The lowest BCUT2D eigenvalue weighted by Gasteiger charge is -2.66. The fourth-order valence-corrected chi connectivity index (χ4v) is 8.45. The molecule has 0 bridgehead atoms. The molecule has 188 valence electrons. The van der Waals surface area contributed by atoms with Crippen molar-refractivity contribution < 1.29 is 28.6 Å².